The summed E-state index contributed by atoms with van der Waals surface area (Å²) in [6, 6.07) is 18.1. The number of hydrogen-bond donors (Lipinski definition) is 3. The number of nitrogens with zero attached hydrogens (tertiary/aromatic N) is 2. The third kappa shape index (κ3) is 6.34. The van der Waals surface area contributed by atoms with Crippen LogP contribution in [0.4, 0.5) is 10.5 Å². The number of urea groups is 1. The molecule has 8 nitrogen and oxygen atoms in total. The second kappa shape index (κ2) is 11.8. The molecule has 1 atom stereocenters. The molecular weight excluding hydrogens is 537 g/mol. The van der Waals surface area contributed by atoms with Crippen molar-refractivity contribution in [2.24, 2.45) is 5.73 Å². The Morgan fingerprint density at radius 3 is 2.32 bits per heavy atom. The van der Waals surface area contributed by atoms with Crippen LogP contribution < -0.4 is 16.4 Å². The lowest BCUT2D eigenvalue weighted by Gasteiger charge is -2.29. The predicted octanol–water partition coefficient (Wildman–Crippen LogP) is 4.74. The molecular formula is C26H24Cl3N5O3. The van der Waals surface area contributed by atoms with Crippen LogP contribution in [0.3, 0.4) is 0 Å². The summed E-state index contributed by atoms with van der Waals surface area (Å²) in [5.41, 5.74) is 8.19. The number of anilines is 1. The molecule has 0 aromatic heterocycles. The van der Waals surface area contributed by atoms with Gasteiger partial charge in [0.1, 0.15) is 0 Å². The highest BCUT2D eigenvalue weighted by atomic mass is 35.5. The molecule has 4 rings (SSSR count). The van der Waals surface area contributed by atoms with E-state index in [2.05, 4.69) is 10.6 Å². The molecule has 0 aliphatic carbocycles. The molecule has 1 unspecified atom stereocenters. The van der Waals surface area contributed by atoms with Crippen molar-refractivity contribution in [2.75, 3.05) is 18.4 Å². The second-order valence-corrected chi connectivity index (χ2v) is 9.63. The van der Waals surface area contributed by atoms with Crippen molar-refractivity contribution >= 4 is 58.3 Å². The van der Waals surface area contributed by atoms with E-state index in [0.717, 1.165) is 11.1 Å². The Morgan fingerprint density at radius 1 is 0.865 bits per heavy atom. The van der Waals surface area contributed by atoms with E-state index in [1.807, 2.05) is 24.3 Å². The fraction of sp³-hybridized carbons (Fsp3) is 0.192. The van der Waals surface area contributed by atoms with E-state index in [-0.39, 0.29) is 30.2 Å². The Balaban J connectivity index is 1.58. The van der Waals surface area contributed by atoms with E-state index in [0.29, 0.717) is 22.3 Å². The van der Waals surface area contributed by atoms with Gasteiger partial charge in [-0.15, -0.1) is 0 Å². The predicted molar refractivity (Wildman–Crippen MR) is 145 cm³/mol. The van der Waals surface area contributed by atoms with Crippen molar-refractivity contribution in [3.8, 4) is 0 Å². The first-order valence-electron chi connectivity index (χ1n) is 11.4. The number of halogens is 3. The van der Waals surface area contributed by atoms with Crippen LogP contribution in [0.15, 0.2) is 66.7 Å². The minimum Gasteiger partial charge on any atom is -0.349 e. The van der Waals surface area contributed by atoms with E-state index < -0.39 is 24.0 Å². The van der Waals surface area contributed by atoms with Gasteiger partial charge in [-0.3, -0.25) is 14.5 Å². The molecule has 0 spiro atoms. The van der Waals surface area contributed by atoms with Crippen LogP contribution in [0.2, 0.25) is 15.1 Å². The first-order chi connectivity index (χ1) is 17.8. The van der Waals surface area contributed by atoms with Crippen LogP contribution in [0.5, 0.6) is 0 Å². The molecule has 0 bridgehead atoms. The Labute approximate surface area is 229 Å². The van der Waals surface area contributed by atoms with Crippen molar-refractivity contribution in [2.45, 2.75) is 19.3 Å². The maximum Gasteiger partial charge on any atom is 0.323 e. The molecule has 4 amide bonds. The number of rotatable bonds is 6. The molecule has 4 N–H and O–H groups in total. The molecule has 1 saturated heterocycles. The average Bonchev–Trinajstić information content (AvgIpc) is 3.34. The number of amides is 4. The molecule has 1 fully saturated rings. The Hall–Kier alpha value is -3.30. The Morgan fingerprint density at radius 2 is 1.59 bits per heavy atom. The van der Waals surface area contributed by atoms with Crippen molar-refractivity contribution in [1.29, 1.82) is 0 Å². The number of benzene rings is 3. The van der Waals surface area contributed by atoms with Gasteiger partial charge in [0.05, 0.1) is 10.0 Å². The van der Waals surface area contributed by atoms with Gasteiger partial charge in [-0.25, -0.2) is 4.79 Å². The van der Waals surface area contributed by atoms with Gasteiger partial charge >= 0.3 is 6.03 Å². The minimum absolute atomic E-state index is 0.139. The number of carbonyl (C=O) groups excluding carboxylic acids is 3. The molecule has 1 aliphatic heterocycles. The summed E-state index contributed by atoms with van der Waals surface area (Å²) in [7, 11) is 0. The van der Waals surface area contributed by atoms with Crippen molar-refractivity contribution in [3.63, 3.8) is 0 Å². The highest BCUT2D eigenvalue weighted by molar-refractivity contribution is 6.42. The van der Waals surface area contributed by atoms with Gasteiger partial charge in [-0.2, -0.15) is 0 Å². The lowest BCUT2D eigenvalue weighted by atomic mass is 10.1. The fourth-order valence-corrected chi connectivity index (χ4v) is 4.53. The summed E-state index contributed by atoms with van der Waals surface area (Å²) in [5, 5.41) is 6.55. The van der Waals surface area contributed by atoms with Crippen molar-refractivity contribution < 1.29 is 14.4 Å². The van der Waals surface area contributed by atoms with E-state index in [1.165, 1.54) is 28.0 Å². The first kappa shape index (κ1) is 26.8. The molecule has 0 radical (unpaired) electrons. The van der Waals surface area contributed by atoms with Gasteiger partial charge in [0.2, 0.25) is 0 Å². The third-order valence-corrected chi connectivity index (χ3v) is 6.84. The lowest BCUT2D eigenvalue weighted by Crippen LogP contribution is -2.54. The summed E-state index contributed by atoms with van der Waals surface area (Å²) < 4.78 is 0. The average molecular weight is 561 g/mol. The van der Waals surface area contributed by atoms with Crippen LogP contribution in [0.25, 0.3) is 0 Å². The molecule has 1 heterocycles. The maximum atomic E-state index is 13.4. The second-order valence-electron chi connectivity index (χ2n) is 8.38. The van der Waals surface area contributed by atoms with Crippen LogP contribution in [0.1, 0.15) is 21.5 Å². The van der Waals surface area contributed by atoms with E-state index >= 15 is 0 Å². The van der Waals surface area contributed by atoms with Gasteiger partial charge in [-0.1, -0.05) is 65.1 Å². The van der Waals surface area contributed by atoms with E-state index in [9.17, 15) is 14.4 Å². The zero-order chi connectivity index (χ0) is 26.5. The number of nitrogens with two attached hydrogens (primary N) is 1. The van der Waals surface area contributed by atoms with Crippen LogP contribution in [-0.2, 0) is 17.9 Å². The van der Waals surface area contributed by atoms with Gasteiger partial charge in [0.15, 0.2) is 6.17 Å². The molecule has 1 aliphatic rings. The summed E-state index contributed by atoms with van der Waals surface area (Å²) in [5.74, 6) is -0.966. The van der Waals surface area contributed by atoms with Gasteiger partial charge in [-0.05, 0) is 47.5 Å². The van der Waals surface area contributed by atoms with Crippen LogP contribution >= 0.6 is 34.8 Å². The molecule has 11 heteroatoms. The summed E-state index contributed by atoms with van der Waals surface area (Å²) in [6.07, 6.45) is -1.20. The molecule has 0 saturated carbocycles. The molecule has 192 valence electrons. The maximum absolute atomic E-state index is 13.4. The molecule has 3 aromatic rings. The van der Waals surface area contributed by atoms with Gasteiger partial charge < -0.3 is 21.3 Å². The molecule has 3 aromatic carbocycles. The van der Waals surface area contributed by atoms with E-state index in [1.54, 1.807) is 24.3 Å². The van der Waals surface area contributed by atoms with Gasteiger partial charge in [0.25, 0.3) is 11.8 Å². The van der Waals surface area contributed by atoms with Crippen LogP contribution in [-0.4, -0.2) is 46.9 Å². The quantitative estimate of drug-likeness (QED) is 0.405. The molecule has 37 heavy (non-hydrogen) atoms. The zero-order valence-corrected chi connectivity index (χ0v) is 21.9. The number of hydrogen-bond acceptors (Lipinski definition) is 4. The normalized spacial score (nSPS) is 15.0. The lowest BCUT2D eigenvalue weighted by molar-refractivity contribution is -0.128. The number of nitrogens with one attached hydrogen (secondary N) is 2. The Bertz CT molecular complexity index is 1340. The highest BCUT2D eigenvalue weighted by Gasteiger charge is 2.43. The fourth-order valence-electron chi connectivity index (χ4n) is 4.04. The highest BCUT2D eigenvalue weighted by Crippen LogP contribution is 2.26. The van der Waals surface area contributed by atoms with E-state index in [4.69, 9.17) is 40.5 Å². The topological polar surface area (TPSA) is 108 Å². The summed E-state index contributed by atoms with van der Waals surface area (Å²) in [6.45, 7) is 0.846. The standard InChI is InChI=1S/C26H24Cl3N5O3/c27-19-5-2-6-20(13-19)32-26(37)34-10-9-33(25(36)18-7-8-21(28)22(29)12-18)24(34)23(35)31-15-17-4-1-3-16(11-17)14-30/h1-8,11-13,24H,9-10,14-15,30H2,(H,31,35)(H,32,37). The first-order valence-corrected chi connectivity index (χ1v) is 12.5. The smallest absolute Gasteiger partial charge is 0.323 e. The van der Waals surface area contributed by atoms with Crippen molar-refractivity contribution in [3.05, 3.63) is 98.5 Å². The summed E-state index contributed by atoms with van der Waals surface area (Å²) in [4.78, 5) is 42.7. The van der Waals surface area contributed by atoms with Gasteiger partial charge in [0, 0.05) is 42.5 Å². The van der Waals surface area contributed by atoms with Crippen LogP contribution in [0, 0.1) is 0 Å². The summed E-state index contributed by atoms with van der Waals surface area (Å²) >= 11 is 18.1. The number of carbonyl (C=O) groups is 3. The minimum atomic E-state index is -1.20. The zero-order valence-electron chi connectivity index (χ0n) is 19.6. The Kier molecular flexibility index (Phi) is 8.56. The largest absolute Gasteiger partial charge is 0.349 e. The third-order valence-electron chi connectivity index (χ3n) is 5.86. The monoisotopic (exact) mass is 559 g/mol. The van der Waals surface area contributed by atoms with Crippen molar-refractivity contribution in [1.82, 2.24) is 15.1 Å². The SMILES string of the molecule is NCc1cccc(CNC(=O)C2N(C(=O)Nc3cccc(Cl)c3)CCN2C(=O)c2ccc(Cl)c(Cl)c2)c1.